The molecule has 2 rings (SSSR count). The molecule has 4 heteroatoms. The average molecular weight is 272 g/mol. The molecule has 0 aliphatic heterocycles. The van der Waals surface area contributed by atoms with E-state index in [0.29, 0.717) is 6.61 Å². The number of methoxy groups -OCH3 is 1. The fourth-order valence-electron chi connectivity index (χ4n) is 1.95. The summed E-state index contributed by atoms with van der Waals surface area (Å²) in [6.45, 7) is 3.55. The van der Waals surface area contributed by atoms with Crippen molar-refractivity contribution in [2.24, 2.45) is 0 Å². The highest BCUT2D eigenvalue weighted by atomic mass is 16.5. The SMILES string of the molecule is C/C=C/c1ccc(OCCCn2ccnc2)c(OC)c1. The quantitative estimate of drug-likeness (QED) is 0.725. The highest BCUT2D eigenvalue weighted by Crippen LogP contribution is 2.28. The maximum Gasteiger partial charge on any atom is 0.161 e. The van der Waals surface area contributed by atoms with Crippen LogP contribution in [0.1, 0.15) is 18.9 Å². The van der Waals surface area contributed by atoms with Gasteiger partial charge in [0.05, 0.1) is 20.0 Å². The van der Waals surface area contributed by atoms with Crippen LogP contribution in [-0.2, 0) is 6.54 Å². The highest BCUT2D eigenvalue weighted by Gasteiger charge is 2.04. The van der Waals surface area contributed by atoms with Gasteiger partial charge in [-0.15, -0.1) is 0 Å². The minimum atomic E-state index is 0.650. The Labute approximate surface area is 119 Å². The third kappa shape index (κ3) is 3.88. The minimum absolute atomic E-state index is 0.650. The zero-order chi connectivity index (χ0) is 14.2. The predicted molar refractivity (Wildman–Crippen MR) is 80.0 cm³/mol. The maximum atomic E-state index is 5.78. The van der Waals surface area contributed by atoms with Crippen molar-refractivity contribution in [1.82, 2.24) is 9.55 Å². The van der Waals surface area contributed by atoms with Gasteiger partial charge in [-0.05, 0) is 31.0 Å². The number of ether oxygens (including phenoxy) is 2. The van der Waals surface area contributed by atoms with Gasteiger partial charge in [-0.1, -0.05) is 18.2 Å². The van der Waals surface area contributed by atoms with E-state index in [-0.39, 0.29) is 0 Å². The number of benzene rings is 1. The summed E-state index contributed by atoms with van der Waals surface area (Å²) in [5.41, 5.74) is 1.11. The zero-order valence-corrected chi connectivity index (χ0v) is 12.0. The Morgan fingerprint density at radius 2 is 2.20 bits per heavy atom. The molecule has 0 fully saturated rings. The summed E-state index contributed by atoms with van der Waals surface area (Å²) in [6, 6.07) is 5.95. The largest absolute Gasteiger partial charge is 0.493 e. The molecule has 1 aromatic heterocycles. The van der Waals surface area contributed by atoms with Crippen LogP contribution < -0.4 is 9.47 Å². The van der Waals surface area contributed by atoms with E-state index in [1.165, 1.54) is 0 Å². The Morgan fingerprint density at radius 3 is 2.90 bits per heavy atom. The smallest absolute Gasteiger partial charge is 0.161 e. The Hall–Kier alpha value is -2.23. The second kappa shape index (κ2) is 7.38. The third-order valence-electron chi connectivity index (χ3n) is 2.92. The van der Waals surface area contributed by atoms with Gasteiger partial charge in [-0.2, -0.15) is 0 Å². The second-order valence-corrected chi connectivity index (χ2v) is 4.41. The number of rotatable bonds is 7. The van der Waals surface area contributed by atoms with Gasteiger partial charge in [-0.3, -0.25) is 0 Å². The van der Waals surface area contributed by atoms with Crippen molar-refractivity contribution >= 4 is 6.08 Å². The maximum absolute atomic E-state index is 5.78. The molecule has 0 atom stereocenters. The lowest BCUT2D eigenvalue weighted by Gasteiger charge is -2.11. The Balaban J connectivity index is 1.88. The van der Waals surface area contributed by atoms with Crippen LogP contribution >= 0.6 is 0 Å². The Kier molecular flexibility index (Phi) is 5.24. The van der Waals surface area contributed by atoms with Crippen LogP contribution in [0.5, 0.6) is 11.5 Å². The molecule has 0 aliphatic carbocycles. The third-order valence-corrected chi connectivity index (χ3v) is 2.92. The van der Waals surface area contributed by atoms with Gasteiger partial charge in [-0.25, -0.2) is 4.98 Å². The Bertz CT molecular complexity index is 548. The van der Waals surface area contributed by atoms with Crippen LogP contribution in [0.15, 0.2) is 43.0 Å². The lowest BCUT2D eigenvalue weighted by atomic mass is 10.2. The van der Waals surface area contributed by atoms with Crippen LogP contribution in [0.25, 0.3) is 6.08 Å². The lowest BCUT2D eigenvalue weighted by Crippen LogP contribution is -2.04. The Morgan fingerprint density at radius 1 is 1.30 bits per heavy atom. The average Bonchev–Trinajstić information content (AvgIpc) is 2.98. The van der Waals surface area contributed by atoms with Crippen molar-refractivity contribution in [3.05, 3.63) is 48.6 Å². The van der Waals surface area contributed by atoms with E-state index in [1.54, 1.807) is 13.3 Å². The summed E-state index contributed by atoms with van der Waals surface area (Å²) in [7, 11) is 1.66. The number of hydrogen-bond acceptors (Lipinski definition) is 3. The molecular weight excluding hydrogens is 252 g/mol. The van der Waals surface area contributed by atoms with Gasteiger partial charge < -0.3 is 14.0 Å². The van der Waals surface area contributed by atoms with Crippen molar-refractivity contribution in [3.63, 3.8) is 0 Å². The van der Waals surface area contributed by atoms with Gasteiger partial charge in [0.1, 0.15) is 0 Å². The van der Waals surface area contributed by atoms with E-state index in [1.807, 2.05) is 54.4 Å². The summed E-state index contributed by atoms with van der Waals surface area (Å²) in [6.07, 6.45) is 10.5. The van der Waals surface area contributed by atoms with Crippen LogP contribution in [0.2, 0.25) is 0 Å². The molecule has 0 bridgehead atoms. The molecule has 0 saturated heterocycles. The molecule has 0 aliphatic rings. The predicted octanol–water partition coefficient (Wildman–Crippen LogP) is 3.39. The second-order valence-electron chi connectivity index (χ2n) is 4.41. The fourth-order valence-corrected chi connectivity index (χ4v) is 1.95. The van der Waals surface area contributed by atoms with Gasteiger partial charge >= 0.3 is 0 Å². The van der Waals surface area contributed by atoms with Crippen LogP contribution in [-0.4, -0.2) is 23.3 Å². The normalized spacial score (nSPS) is 10.9. The van der Waals surface area contributed by atoms with Gasteiger partial charge in [0.25, 0.3) is 0 Å². The highest BCUT2D eigenvalue weighted by molar-refractivity contribution is 5.55. The van der Waals surface area contributed by atoms with E-state index < -0.39 is 0 Å². The standard InChI is InChI=1S/C16H20N2O2/c1-3-5-14-6-7-15(16(12-14)19-2)20-11-4-9-18-10-8-17-13-18/h3,5-8,10,12-13H,4,9,11H2,1-2H3/b5-3+. The number of allylic oxidation sites excluding steroid dienone is 1. The van der Waals surface area contributed by atoms with Crippen LogP contribution in [0.3, 0.4) is 0 Å². The molecule has 0 N–H and O–H groups in total. The molecule has 106 valence electrons. The topological polar surface area (TPSA) is 36.3 Å². The van der Waals surface area contributed by atoms with Crippen LogP contribution in [0.4, 0.5) is 0 Å². The molecule has 20 heavy (non-hydrogen) atoms. The molecule has 0 unspecified atom stereocenters. The number of nitrogens with zero attached hydrogens (tertiary/aromatic N) is 2. The monoisotopic (exact) mass is 272 g/mol. The van der Waals surface area contributed by atoms with Gasteiger partial charge in [0.2, 0.25) is 0 Å². The number of imidazole rings is 1. The molecule has 1 aromatic carbocycles. The summed E-state index contributed by atoms with van der Waals surface area (Å²) in [5.74, 6) is 1.55. The molecule has 1 heterocycles. The van der Waals surface area contributed by atoms with Gasteiger partial charge in [0, 0.05) is 18.9 Å². The molecular formula is C16H20N2O2. The summed E-state index contributed by atoms with van der Waals surface area (Å²) in [4.78, 5) is 4.01. The van der Waals surface area contributed by atoms with Crippen LogP contribution in [0, 0.1) is 0 Å². The lowest BCUT2D eigenvalue weighted by molar-refractivity contribution is 0.282. The summed E-state index contributed by atoms with van der Waals surface area (Å²) < 4.78 is 13.2. The van der Waals surface area contributed by atoms with E-state index in [9.17, 15) is 0 Å². The molecule has 0 amide bonds. The number of hydrogen-bond donors (Lipinski definition) is 0. The van der Waals surface area contributed by atoms with E-state index in [0.717, 1.165) is 30.0 Å². The van der Waals surface area contributed by atoms with E-state index in [4.69, 9.17) is 9.47 Å². The first-order chi connectivity index (χ1) is 9.83. The molecule has 2 aromatic rings. The van der Waals surface area contributed by atoms with Crippen molar-refractivity contribution in [2.45, 2.75) is 19.9 Å². The van der Waals surface area contributed by atoms with Crippen molar-refractivity contribution < 1.29 is 9.47 Å². The summed E-state index contributed by atoms with van der Waals surface area (Å²) in [5, 5.41) is 0. The van der Waals surface area contributed by atoms with Gasteiger partial charge in [0.15, 0.2) is 11.5 Å². The summed E-state index contributed by atoms with van der Waals surface area (Å²) >= 11 is 0. The number of aromatic nitrogens is 2. The zero-order valence-electron chi connectivity index (χ0n) is 12.0. The fraction of sp³-hybridized carbons (Fsp3) is 0.312. The minimum Gasteiger partial charge on any atom is -0.493 e. The molecule has 0 radical (unpaired) electrons. The molecule has 0 saturated carbocycles. The molecule has 4 nitrogen and oxygen atoms in total. The first-order valence-electron chi connectivity index (χ1n) is 6.72. The van der Waals surface area contributed by atoms with Crippen molar-refractivity contribution in [3.8, 4) is 11.5 Å². The van der Waals surface area contributed by atoms with E-state index >= 15 is 0 Å². The van der Waals surface area contributed by atoms with E-state index in [2.05, 4.69) is 4.98 Å². The van der Waals surface area contributed by atoms with Crippen molar-refractivity contribution in [2.75, 3.05) is 13.7 Å². The number of aryl methyl sites for hydroxylation is 1. The first kappa shape index (κ1) is 14.2. The van der Waals surface area contributed by atoms with Crippen molar-refractivity contribution in [1.29, 1.82) is 0 Å². The first-order valence-corrected chi connectivity index (χ1v) is 6.72. The molecule has 0 spiro atoms.